The molecule has 2 atom stereocenters. The number of benzene rings is 4. The number of hydrogen-bond donors (Lipinski definition) is 3. The van der Waals surface area contributed by atoms with E-state index in [1.54, 1.807) is 66.7 Å². The van der Waals surface area contributed by atoms with Crippen molar-refractivity contribution in [2.24, 2.45) is 10.1 Å². The van der Waals surface area contributed by atoms with Gasteiger partial charge in [0.25, 0.3) is 5.91 Å². The van der Waals surface area contributed by atoms with E-state index in [0.29, 0.717) is 45.6 Å². The maximum atomic E-state index is 14.4. The van der Waals surface area contributed by atoms with Crippen LogP contribution in [-0.2, 0) is 22.5 Å². The van der Waals surface area contributed by atoms with E-state index in [1.807, 2.05) is 30.3 Å². The SMILES string of the molecule is [N-]=[N+]=Nc1ccccc1[C@@H]1OC(c2ccc(OCCCO)cc2)=N[C@]1(Cc1ccccc1)C(=O)NNCc1ccc(Cl)cc1Cl. The third-order valence-electron chi connectivity index (χ3n) is 7.21. The zero-order valence-electron chi connectivity index (χ0n) is 24.1. The molecular formula is C33H30Cl2N6O4. The molecule has 230 valence electrons. The van der Waals surface area contributed by atoms with Crippen molar-refractivity contribution in [2.45, 2.75) is 31.0 Å². The van der Waals surface area contributed by atoms with E-state index in [-0.39, 0.29) is 25.5 Å². The predicted molar refractivity (Wildman–Crippen MR) is 174 cm³/mol. The number of aliphatic hydroxyl groups is 1. The Balaban J connectivity index is 1.55. The van der Waals surface area contributed by atoms with Gasteiger partial charge < -0.3 is 14.6 Å². The summed E-state index contributed by atoms with van der Waals surface area (Å²) in [5, 5.41) is 13.9. The van der Waals surface area contributed by atoms with E-state index in [2.05, 4.69) is 20.9 Å². The molecule has 0 bridgehead atoms. The zero-order valence-corrected chi connectivity index (χ0v) is 25.6. The second-order valence-corrected chi connectivity index (χ2v) is 11.1. The molecule has 0 aliphatic carbocycles. The van der Waals surface area contributed by atoms with Crippen molar-refractivity contribution in [3.63, 3.8) is 0 Å². The molecule has 4 aromatic carbocycles. The Morgan fingerprint density at radius 1 is 1.04 bits per heavy atom. The summed E-state index contributed by atoms with van der Waals surface area (Å²) < 4.78 is 12.2. The van der Waals surface area contributed by atoms with Gasteiger partial charge in [-0.25, -0.2) is 10.4 Å². The quantitative estimate of drug-likeness (QED) is 0.0471. The zero-order chi connectivity index (χ0) is 31.6. The fourth-order valence-electron chi connectivity index (χ4n) is 5.01. The highest BCUT2D eigenvalue weighted by atomic mass is 35.5. The van der Waals surface area contributed by atoms with E-state index in [0.717, 1.165) is 11.1 Å². The first kappa shape index (κ1) is 31.8. The smallest absolute Gasteiger partial charge is 0.266 e. The molecule has 0 aromatic heterocycles. The number of azide groups is 1. The minimum atomic E-state index is -1.52. The molecule has 0 saturated heterocycles. The first-order valence-electron chi connectivity index (χ1n) is 14.2. The lowest BCUT2D eigenvalue weighted by molar-refractivity contribution is -0.130. The van der Waals surface area contributed by atoms with Crippen LogP contribution in [0, 0.1) is 0 Å². The van der Waals surface area contributed by atoms with Crippen LogP contribution < -0.4 is 15.6 Å². The summed E-state index contributed by atoms with van der Waals surface area (Å²) in [5.74, 6) is 0.398. The van der Waals surface area contributed by atoms with Crippen molar-refractivity contribution in [1.82, 2.24) is 10.9 Å². The van der Waals surface area contributed by atoms with Gasteiger partial charge in [-0.1, -0.05) is 89.0 Å². The van der Waals surface area contributed by atoms with Gasteiger partial charge in [0.2, 0.25) is 5.90 Å². The van der Waals surface area contributed by atoms with Crippen LogP contribution in [0.25, 0.3) is 10.4 Å². The van der Waals surface area contributed by atoms with E-state index in [4.69, 9.17) is 42.8 Å². The maximum Gasteiger partial charge on any atom is 0.266 e. The molecule has 0 saturated carbocycles. The van der Waals surface area contributed by atoms with Gasteiger partial charge in [-0.2, -0.15) is 0 Å². The molecule has 0 spiro atoms. The molecule has 1 aliphatic heterocycles. The number of nitrogens with zero attached hydrogens (tertiary/aromatic N) is 4. The van der Waals surface area contributed by atoms with E-state index in [9.17, 15) is 10.3 Å². The number of ether oxygens (including phenoxy) is 2. The van der Waals surface area contributed by atoms with Crippen molar-refractivity contribution < 1.29 is 19.4 Å². The van der Waals surface area contributed by atoms with Gasteiger partial charge in [0, 0.05) is 57.8 Å². The summed E-state index contributed by atoms with van der Waals surface area (Å²) in [7, 11) is 0. The van der Waals surface area contributed by atoms with Crippen LogP contribution in [0.1, 0.15) is 34.8 Å². The summed E-state index contributed by atoms with van der Waals surface area (Å²) in [5.41, 5.74) is 16.6. The van der Waals surface area contributed by atoms with Crippen LogP contribution >= 0.6 is 23.2 Å². The lowest BCUT2D eigenvalue weighted by atomic mass is 9.81. The Kier molecular flexibility index (Phi) is 10.6. The fourth-order valence-corrected chi connectivity index (χ4v) is 5.48. The number of hydrazine groups is 1. The summed E-state index contributed by atoms with van der Waals surface area (Å²) in [4.78, 5) is 22.4. The number of hydrogen-bond acceptors (Lipinski definition) is 7. The van der Waals surface area contributed by atoms with E-state index >= 15 is 0 Å². The molecule has 0 radical (unpaired) electrons. The molecule has 3 N–H and O–H groups in total. The van der Waals surface area contributed by atoms with Crippen LogP contribution in [-0.4, -0.2) is 35.7 Å². The number of carbonyl (C=O) groups excluding carboxylic acids is 1. The average Bonchev–Trinajstić information content (AvgIpc) is 3.43. The molecular weight excluding hydrogens is 615 g/mol. The molecule has 0 unspecified atom stereocenters. The Bertz CT molecular complexity index is 1710. The third-order valence-corrected chi connectivity index (χ3v) is 7.80. The highest BCUT2D eigenvalue weighted by molar-refractivity contribution is 6.35. The standard InChI is InChI=1S/C33H30Cl2N6O4/c34-25-14-11-24(28(35)19-25)21-37-40-32(43)33(20-22-7-2-1-3-8-22)30(27-9-4-5-10-29(27)39-41-36)45-31(38-33)23-12-15-26(16-13-23)44-18-6-17-42/h1-5,7-16,19,30,37,42H,6,17-18,20-21H2,(H,40,43)/t30-,33-/m0/s1. The molecule has 10 nitrogen and oxygen atoms in total. The molecule has 1 amide bonds. The monoisotopic (exact) mass is 644 g/mol. The van der Waals surface area contributed by atoms with Gasteiger partial charge in [-0.15, -0.1) is 0 Å². The van der Waals surface area contributed by atoms with Crippen molar-refractivity contribution in [2.75, 3.05) is 13.2 Å². The van der Waals surface area contributed by atoms with Crippen molar-refractivity contribution in [3.8, 4) is 5.75 Å². The number of aliphatic imine (C=N–C) groups is 1. The molecule has 1 heterocycles. The van der Waals surface area contributed by atoms with Crippen LogP contribution in [0.5, 0.6) is 5.75 Å². The van der Waals surface area contributed by atoms with E-state index < -0.39 is 17.6 Å². The first-order valence-corrected chi connectivity index (χ1v) is 14.9. The molecule has 1 aliphatic rings. The summed E-state index contributed by atoms with van der Waals surface area (Å²) in [6, 6.07) is 28.7. The first-order chi connectivity index (χ1) is 21.9. The fraction of sp³-hybridized carbons (Fsp3) is 0.212. The van der Waals surface area contributed by atoms with Crippen molar-refractivity contribution in [1.29, 1.82) is 0 Å². The second kappa shape index (κ2) is 14.9. The number of halogens is 2. The number of rotatable bonds is 13. The number of nitrogens with one attached hydrogen (secondary N) is 2. The highest BCUT2D eigenvalue weighted by Crippen LogP contribution is 2.45. The lowest BCUT2D eigenvalue weighted by Gasteiger charge is -2.31. The van der Waals surface area contributed by atoms with E-state index in [1.165, 1.54) is 0 Å². The van der Waals surface area contributed by atoms with Gasteiger partial charge >= 0.3 is 0 Å². The second-order valence-electron chi connectivity index (χ2n) is 10.2. The van der Waals surface area contributed by atoms with Crippen molar-refractivity contribution >= 4 is 40.7 Å². The Hall–Kier alpha value is -4.57. The van der Waals surface area contributed by atoms with Crippen molar-refractivity contribution in [3.05, 3.63) is 140 Å². The topological polar surface area (TPSA) is 141 Å². The van der Waals surface area contributed by atoms with Gasteiger partial charge in [0.05, 0.1) is 6.61 Å². The predicted octanol–water partition coefficient (Wildman–Crippen LogP) is 7.02. The van der Waals surface area contributed by atoms with Crippen LogP contribution in [0.3, 0.4) is 0 Å². The highest BCUT2D eigenvalue weighted by Gasteiger charge is 2.54. The van der Waals surface area contributed by atoms with Crippen LogP contribution in [0.2, 0.25) is 10.0 Å². The Morgan fingerprint density at radius 3 is 2.53 bits per heavy atom. The third kappa shape index (κ3) is 7.57. The Morgan fingerprint density at radius 2 is 1.80 bits per heavy atom. The van der Waals surface area contributed by atoms with Gasteiger partial charge in [-0.3, -0.25) is 10.2 Å². The molecule has 0 fully saturated rings. The minimum absolute atomic E-state index is 0.0363. The summed E-state index contributed by atoms with van der Waals surface area (Å²) in [6.07, 6.45) is -0.278. The number of amides is 1. The van der Waals surface area contributed by atoms with Gasteiger partial charge in [0.1, 0.15) is 5.75 Å². The van der Waals surface area contributed by atoms with Crippen LogP contribution in [0.4, 0.5) is 5.69 Å². The van der Waals surface area contributed by atoms with Gasteiger partial charge in [0.15, 0.2) is 11.6 Å². The maximum absolute atomic E-state index is 14.4. The summed E-state index contributed by atoms with van der Waals surface area (Å²) >= 11 is 12.4. The molecule has 12 heteroatoms. The minimum Gasteiger partial charge on any atom is -0.494 e. The number of carbonyl (C=O) groups is 1. The molecule has 5 rings (SSSR count). The lowest BCUT2D eigenvalue weighted by Crippen LogP contribution is -2.53. The normalized spacial score (nSPS) is 17.1. The number of aliphatic hydroxyl groups excluding tert-OH is 1. The Labute approximate surface area is 270 Å². The molecule has 45 heavy (non-hydrogen) atoms. The van der Waals surface area contributed by atoms with Crippen LogP contribution in [0.15, 0.2) is 107 Å². The largest absolute Gasteiger partial charge is 0.494 e. The average molecular weight is 646 g/mol. The molecule has 4 aromatic rings. The summed E-state index contributed by atoms with van der Waals surface area (Å²) in [6.45, 7) is 0.632. The van der Waals surface area contributed by atoms with Gasteiger partial charge in [-0.05, 0) is 53.1 Å².